The van der Waals surface area contributed by atoms with Gasteiger partial charge < -0.3 is 19.7 Å². The van der Waals surface area contributed by atoms with Crippen LogP contribution in [0.15, 0.2) is 79.3 Å². The minimum Gasteiger partial charge on any atom is -0.378 e. The molecule has 2 atom stereocenters. The molecule has 5 rings (SSSR count). The molecular weight excluding hydrogens is 452 g/mol. The second-order valence-corrected chi connectivity index (χ2v) is 9.56. The second kappa shape index (κ2) is 9.50. The predicted octanol–water partition coefficient (Wildman–Crippen LogP) is 5.19. The topological polar surface area (TPSA) is 49.2 Å². The lowest BCUT2D eigenvalue weighted by atomic mass is 9.96. The van der Waals surface area contributed by atoms with E-state index in [2.05, 4.69) is 101 Å². The van der Waals surface area contributed by atoms with Crippen molar-refractivity contribution in [1.29, 1.82) is 0 Å². The van der Waals surface area contributed by atoms with E-state index in [-0.39, 0.29) is 12.1 Å². The number of pyridine rings is 2. The van der Waals surface area contributed by atoms with Crippen LogP contribution in [0.5, 0.6) is 0 Å². The number of anilines is 2. The van der Waals surface area contributed by atoms with E-state index in [1.165, 1.54) is 22.5 Å². The van der Waals surface area contributed by atoms with Crippen LogP contribution in [0.3, 0.4) is 0 Å². The molecule has 0 aliphatic carbocycles. The van der Waals surface area contributed by atoms with Gasteiger partial charge in [-0.2, -0.15) is 0 Å². The highest BCUT2D eigenvalue weighted by Crippen LogP contribution is 2.43. The number of hydrogen-bond acceptors (Lipinski definition) is 4. The van der Waals surface area contributed by atoms with Crippen LogP contribution in [0.25, 0.3) is 0 Å². The van der Waals surface area contributed by atoms with Crippen LogP contribution in [0.2, 0.25) is 0 Å². The summed E-state index contributed by atoms with van der Waals surface area (Å²) < 4.78 is 2.37. The van der Waals surface area contributed by atoms with E-state index >= 15 is 0 Å². The number of rotatable bonds is 6. The maximum absolute atomic E-state index is 5.91. The van der Waals surface area contributed by atoms with E-state index in [0.717, 1.165) is 23.6 Å². The van der Waals surface area contributed by atoms with Gasteiger partial charge in [-0.3, -0.25) is 9.97 Å². The molecule has 4 heterocycles. The molecule has 1 fully saturated rings. The molecule has 0 spiro atoms. The Morgan fingerprint density at radius 3 is 2.37 bits per heavy atom. The van der Waals surface area contributed by atoms with Crippen LogP contribution >= 0.6 is 12.2 Å². The van der Waals surface area contributed by atoms with Gasteiger partial charge in [0.05, 0.1) is 17.8 Å². The molecule has 3 aromatic heterocycles. The predicted molar refractivity (Wildman–Crippen MR) is 146 cm³/mol. The van der Waals surface area contributed by atoms with Gasteiger partial charge in [0.2, 0.25) is 0 Å². The molecule has 1 N–H and O–H groups in total. The zero-order chi connectivity index (χ0) is 24.5. The molecule has 4 aromatic rings. The molecule has 1 saturated heterocycles. The van der Waals surface area contributed by atoms with E-state index < -0.39 is 0 Å². The lowest BCUT2D eigenvalue weighted by molar-refractivity contribution is 0.563. The second-order valence-electron chi connectivity index (χ2n) is 9.18. The molecule has 6 nitrogen and oxygen atoms in total. The fraction of sp³-hybridized carbons (Fsp3) is 0.250. The first-order chi connectivity index (χ1) is 16.9. The van der Waals surface area contributed by atoms with Crippen molar-refractivity contribution in [2.75, 3.05) is 23.9 Å². The number of aryl methyl sites for hydroxylation is 1. The Labute approximate surface area is 212 Å². The van der Waals surface area contributed by atoms with Crippen molar-refractivity contribution in [1.82, 2.24) is 19.9 Å². The molecule has 1 aliphatic rings. The van der Waals surface area contributed by atoms with Crippen molar-refractivity contribution in [3.05, 3.63) is 107 Å². The van der Waals surface area contributed by atoms with Gasteiger partial charge in [-0.25, -0.2) is 0 Å². The summed E-state index contributed by atoms with van der Waals surface area (Å²) in [4.78, 5) is 13.2. The number of thiocarbonyl (C=S) groups is 1. The SMILES string of the molecule is Cc1cc([C@H]2[C@H](c3ccccn3)NC(=S)N2c2ccc(N(C)C)cc2)c(C)n1Cc1ccncc1. The largest absolute Gasteiger partial charge is 0.378 e. The molecule has 0 bridgehead atoms. The third kappa shape index (κ3) is 4.39. The zero-order valence-electron chi connectivity index (χ0n) is 20.5. The molecule has 1 aliphatic heterocycles. The van der Waals surface area contributed by atoms with Crippen LogP contribution in [-0.2, 0) is 6.54 Å². The summed E-state index contributed by atoms with van der Waals surface area (Å²) in [6, 6.07) is 21.0. The Kier molecular flexibility index (Phi) is 6.26. The van der Waals surface area contributed by atoms with Crippen LogP contribution in [0, 0.1) is 13.8 Å². The summed E-state index contributed by atoms with van der Waals surface area (Å²) in [5, 5.41) is 4.29. The van der Waals surface area contributed by atoms with E-state index in [1.54, 1.807) is 0 Å². The van der Waals surface area contributed by atoms with Crippen molar-refractivity contribution >= 4 is 28.7 Å². The Bertz CT molecular complexity index is 1320. The van der Waals surface area contributed by atoms with Gasteiger partial charge in [0.1, 0.15) is 0 Å². The first-order valence-corrected chi connectivity index (χ1v) is 12.2. The van der Waals surface area contributed by atoms with Crippen molar-refractivity contribution in [2.45, 2.75) is 32.5 Å². The highest BCUT2D eigenvalue weighted by atomic mass is 32.1. The van der Waals surface area contributed by atoms with Crippen molar-refractivity contribution < 1.29 is 0 Å². The third-order valence-electron chi connectivity index (χ3n) is 6.76. The quantitative estimate of drug-likeness (QED) is 0.382. The average Bonchev–Trinajstić information content (AvgIpc) is 3.36. The minimum atomic E-state index is -0.0629. The van der Waals surface area contributed by atoms with E-state index in [9.17, 15) is 0 Å². The molecule has 0 saturated carbocycles. The molecule has 35 heavy (non-hydrogen) atoms. The van der Waals surface area contributed by atoms with Gasteiger partial charge in [-0.15, -0.1) is 0 Å². The number of nitrogens with zero attached hydrogens (tertiary/aromatic N) is 5. The number of benzene rings is 1. The molecule has 0 unspecified atom stereocenters. The molecule has 7 heteroatoms. The summed E-state index contributed by atoms with van der Waals surface area (Å²) in [6.45, 7) is 5.18. The summed E-state index contributed by atoms with van der Waals surface area (Å²) in [7, 11) is 4.10. The molecule has 0 amide bonds. The summed E-state index contributed by atoms with van der Waals surface area (Å²) >= 11 is 5.91. The monoisotopic (exact) mass is 482 g/mol. The Hall–Kier alpha value is -3.71. The van der Waals surface area contributed by atoms with Gasteiger partial charge in [0.15, 0.2) is 5.11 Å². The van der Waals surface area contributed by atoms with Crippen LogP contribution in [-0.4, -0.2) is 33.7 Å². The third-order valence-corrected chi connectivity index (χ3v) is 7.08. The Morgan fingerprint density at radius 2 is 1.71 bits per heavy atom. The summed E-state index contributed by atoms with van der Waals surface area (Å²) in [6.07, 6.45) is 5.54. The fourth-order valence-electron chi connectivity index (χ4n) is 4.90. The fourth-order valence-corrected chi connectivity index (χ4v) is 5.25. The minimum absolute atomic E-state index is 0.0278. The average molecular weight is 483 g/mol. The number of hydrogen-bond donors (Lipinski definition) is 1. The van der Waals surface area contributed by atoms with Gasteiger partial charge in [0.25, 0.3) is 0 Å². The van der Waals surface area contributed by atoms with Crippen LogP contribution in [0.4, 0.5) is 11.4 Å². The highest BCUT2D eigenvalue weighted by Gasteiger charge is 2.42. The lowest BCUT2D eigenvalue weighted by Crippen LogP contribution is -2.29. The van der Waals surface area contributed by atoms with Crippen molar-refractivity contribution in [2.24, 2.45) is 0 Å². The van der Waals surface area contributed by atoms with Gasteiger partial charge in [-0.05, 0) is 91.8 Å². The standard InChI is InChI=1S/C28H30N6S/c1-19-17-24(20(2)33(19)18-21-12-15-29-16-13-21)27-26(25-7-5-6-14-30-25)31-28(35)34(27)23-10-8-22(9-11-23)32(3)4/h5-17,26-27H,18H2,1-4H3,(H,31,35)/t26-,27-/m0/s1. The molecule has 178 valence electrons. The smallest absolute Gasteiger partial charge is 0.174 e. The van der Waals surface area contributed by atoms with E-state index in [1.807, 2.05) is 30.7 Å². The molecule has 0 radical (unpaired) electrons. The van der Waals surface area contributed by atoms with Crippen LogP contribution in [0.1, 0.15) is 40.3 Å². The van der Waals surface area contributed by atoms with Crippen LogP contribution < -0.4 is 15.1 Å². The molecular formula is C28H30N6S. The zero-order valence-corrected chi connectivity index (χ0v) is 21.3. The highest BCUT2D eigenvalue weighted by molar-refractivity contribution is 7.80. The van der Waals surface area contributed by atoms with E-state index in [0.29, 0.717) is 5.11 Å². The normalized spacial score (nSPS) is 17.5. The van der Waals surface area contributed by atoms with Gasteiger partial charge in [0, 0.05) is 62.0 Å². The van der Waals surface area contributed by atoms with Gasteiger partial charge in [-0.1, -0.05) is 6.07 Å². The van der Waals surface area contributed by atoms with Crippen molar-refractivity contribution in [3.63, 3.8) is 0 Å². The summed E-state index contributed by atoms with van der Waals surface area (Å²) in [5.41, 5.74) is 8.12. The number of aromatic nitrogens is 3. The van der Waals surface area contributed by atoms with E-state index in [4.69, 9.17) is 17.2 Å². The Balaban J connectivity index is 1.60. The van der Waals surface area contributed by atoms with Gasteiger partial charge >= 0.3 is 0 Å². The van der Waals surface area contributed by atoms with Crippen molar-refractivity contribution in [3.8, 4) is 0 Å². The summed E-state index contributed by atoms with van der Waals surface area (Å²) in [5.74, 6) is 0. The first kappa shape index (κ1) is 23.1. The maximum atomic E-state index is 5.91. The molecule has 1 aromatic carbocycles. The first-order valence-electron chi connectivity index (χ1n) is 11.8. The number of nitrogens with one attached hydrogen (secondary N) is 1. The Morgan fingerprint density at radius 1 is 0.971 bits per heavy atom. The lowest BCUT2D eigenvalue weighted by Gasteiger charge is -2.28. The maximum Gasteiger partial charge on any atom is 0.174 e.